The molecule has 0 unspecified atom stereocenters. The second-order valence-corrected chi connectivity index (χ2v) is 4.20. The van der Waals surface area contributed by atoms with Crippen LogP contribution in [0.4, 0.5) is 0 Å². The van der Waals surface area contributed by atoms with Gasteiger partial charge in [0.05, 0.1) is 5.02 Å². The van der Waals surface area contributed by atoms with Crippen LogP contribution in [0.3, 0.4) is 0 Å². The van der Waals surface area contributed by atoms with Gasteiger partial charge in [-0.1, -0.05) is 11.6 Å². The fourth-order valence-electron chi connectivity index (χ4n) is 1.43. The van der Waals surface area contributed by atoms with Crippen LogP contribution in [-0.2, 0) is 13.7 Å². The minimum atomic E-state index is -0.0308. The van der Waals surface area contributed by atoms with Crippen LogP contribution >= 0.6 is 11.6 Å². The predicted octanol–water partition coefficient (Wildman–Crippen LogP) is 2.25. The molecule has 0 amide bonds. The van der Waals surface area contributed by atoms with E-state index in [0.717, 1.165) is 0 Å². The molecular weight excluding hydrogens is 254 g/mol. The largest absolute Gasteiger partial charge is 0.484 e. The van der Waals surface area contributed by atoms with Gasteiger partial charge in [-0.15, -0.1) is 0 Å². The van der Waals surface area contributed by atoms with Gasteiger partial charge in [0.2, 0.25) is 0 Å². The van der Waals surface area contributed by atoms with Crippen molar-refractivity contribution in [1.29, 1.82) is 0 Å². The molecule has 0 radical (unpaired) electrons. The Morgan fingerprint density at radius 2 is 2.28 bits per heavy atom. The summed E-state index contributed by atoms with van der Waals surface area (Å²) in [7, 11) is 1.78. The Morgan fingerprint density at radius 3 is 2.83 bits per heavy atom. The lowest BCUT2D eigenvalue weighted by Crippen LogP contribution is -2.05. The molecule has 1 heterocycles. The minimum Gasteiger partial charge on any atom is -0.484 e. The first-order valence-corrected chi connectivity index (χ1v) is 5.72. The van der Waals surface area contributed by atoms with Crippen LogP contribution < -0.4 is 4.74 Å². The first-order chi connectivity index (χ1) is 8.58. The van der Waals surface area contributed by atoms with Gasteiger partial charge in [0.1, 0.15) is 18.7 Å². The number of carbonyl (C=O) groups excluding carboxylic acids is 1. The summed E-state index contributed by atoms with van der Waals surface area (Å²) >= 11 is 6.03. The topological polar surface area (TPSA) is 57.0 Å². The Labute approximate surface area is 109 Å². The van der Waals surface area contributed by atoms with Gasteiger partial charge in [0.25, 0.3) is 0 Å². The fraction of sp³-hybridized carbons (Fsp3) is 0.250. The summed E-state index contributed by atoms with van der Waals surface area (Å²) in [5, 5.41) is 4.34. The van der Waals surface area contributed by atoms with Crippen LogP contribution in [0, 0.1) is 0 Å². The Kier molecular flexibility index (Phi) is 3.62. The van der Waals surface area contributed by atoms with Crippen molar-refractivity contribution < 1.29 is 9.53 Å². The van der Waals surface area contributed by atoms with E-state index >= 15 is 0 Å². The lowest BCUT2D eigenvalue weighted by molar-refractivity contribution is 0.101. The molecule has 0 bridgehead atoms. The number of hydrogen-bond acceptors (Lipinski definition) is 4. The molecule has 0 saturated heterocycles. The zero-order valence-electron chi connectivity index (χ0n) is 10.1. The lowest BCUT2D eigenvalue weighted by atomic mass is 10.1. The quantitative estimate of drug-likeness (QED) is 0.796. The molecule has 0 aliphatic rings. The number of rotatable bonds is 4. The standard InChI is InChI=1S/C12H12ClN3O2/c1-8(17)9-3-4-11(10(13)5-9)18-6-12-14-7-15-16(12)2/h3-5,7H,6H2,1-2H3. The molecule has 1 aromatic heterocycles. The summed E-state index contributed by atoms with van der Waals surface area (Å²) < 4.78 is 7.15. The molecule has 0 aliphatic heterocycles. The van der Waals surface area contributed by atoms with Crippen molar-refractivity contribution in [2.45, 2.75) is 13.5 Å². The Hall–Kier alpha value is -1.88. The second kappa shape index (κ2) is 5.18. The first-order valence-electron chi connectivity index (χ1n) is 5.34. The van der Waals surface area contributed by atoms with Crippen LogP contribution in [0.2, 0.25) is 5.02 Å². The van der Waals surface area contributed by atoms with E-state index in [4.69, 9.17) is 16.3 Å². The van der Waals surface area contributed by atoms with Gasteiger partial charge < -0.3 is 4.74 Å². The highest BCUT2D eigenvalue weighted by Gasteiger charge is 2.07. The van der Waals surface area contributed by atoms with Gasteiger partial charge in [0, 0.05) is 12.6 Å². The van der Waals surface area contributed by atoms with Crippen molar-refractivity contribution in [3.8, 4) is 5.75 Å². The van der Waals surface area contributed by atoms with Crippen molar-refractivity contribution in [3.63, 3.8) is 0 Å². The molecule has 0 fully saturated rings. The molecule has 1 aromatic carbocycles. The van der Waals surface area contributed by atoms with E-state index in [-0.39, 0.29) is 12.4 Å². The summed E-state index contributed by atoms with van der Waals surface area (Å²) in [6.45, 7) is 1.77. The van der Waals surface area contributed by atoms with Crippen molar-refractivity contribution >= 4 is 17.4 Å². The number of ketones is 1. The molecule has 2 aromatic rings. The number of aryl methyl sites for hydroxylation is 1. The van der Waals surface area contributed by atoms with Crippen LogP contribution in [0.15, 0.2) is 24.5 Å². The van der Waals surface area contributed by atoms with Crippen LogP contribution in [0.25, 0.3) is 0 Å². The third-order valence-electron chi connectivity index (χ3n) is 2.50. The van der Waals surface area contributed by atoms with Crippen LogP contribution in [-0.4, -0.2) is 20.5 Å². The summed E-state index contributed by atoms with van der Waals surface area (Å²) in [5.41, 5.74) is 0.561. The summed E-state index contributed by atoms with van der Waals surface area (Å²) in [5.74, 6) is 1.18. The maximum Gasteiger partial charge on any atom is 0.164 e. The highest BCUT2D eigenvalue weighted by Crippen LogP contribution is 2.26. The number of halogens is 1. The number of aromatic nitrogens is 3. The highest BCUT2D eigenvalue weighted by molar-refractivity contribution is 6.32. The summed E-state index contributed by atoms with van der Waals surface area (Å²) in [6, 6.07) is 4.95. The molecule has 18 heavy (non-hydrogen) atoms. The monoisotopic (exact) mass is 265 g/mol. The van der Waals surface area contributed by atoms with Gasteiger partial charge in [-0.3, -0.25) is 9.48 Å². The van der Waals surface area contributed by atoms with E-state index in [1.165, 1.54) is 13.3 Å². The zero-order chi connectivity index (χ0) is 13.1. The van der Waals surface area contributed by atoms with Crippen LogP contribution in [0.5, 0.6) is 5.75 Å². The van der Waals surface area contributed by atoms with E-state index < -0.39 is 0 Å². The van der Waals surface area contributed by atoms with E-state index in [2.05, 4.69) is 10.1 Å². The summed E-state index contributed by atoms with van der Waals surface area (Å²) in [4.78, 5) is 15.2. The molecule has 6 heteroatoms. The summed E-state index contributed by atoms with van der Waals surface area (Å²) in [6.07, 6.45) is 1.46. The SMILES string of the molecule is CC(=O)c1ccc(OCc2ncnn2C)c(Cl)c1. The molecule has 2 rings (SSSR count). The van der Waals surface area contributed by atoms with E-state index in [0.29, 0.717) is 22.2 Å². The number of nitrogens with zero attached hydrogens (tertiary/aromatic N) is 3. The smallest absolute Gasteiger partial charge is 0.164 e. The average Bonchev–Trinajstić information content (AvgIpc) is 2.73. The molecule has 0 spiro atoms. The Morgan fingerprint density at radius 1 is 1.50 bits per heavy atom. The van der Waals surface area contributed by atoms with Gasteiger partial charge >= 0.3 is 0 Å². The number of benzene rings is 1. The van der Waals surface area contributed by atoms with Gasteiger partial charge in [-0.25, -0.2) is 4.98 Å². The number of Topliss-reactive ketones (excluding diaryl/α,β-unsaturated/α-hetero) is 1. The molecular formula is C12H12ClN3O2. The Bertz CT molecular complexity index is 580. The van der Waals surface area contributed by atoms with E-state index in [1.54, 1.807) is 29.9 Å². The molecule has 0 N–H and O–H groups in total. The third-order valence-corrected chi connectivity index (χ3v) is 2.80. The fourth-order valence-corrected chi connectivity index (χ4v) is 1.67. The maximum absolute atomic E-state index is 11.2. The average molecular weight is 266 g/mol. The zero-order valence-corrected chi connectivity index (χ0v) is 10.8. The number of carbonyl (C=O) groups is 1. The molecule has 0 saturated carbocycles. The predicted molar refractivity (Wildman–Crippen MR) is 66.8 cm³/mol. The van der Waals surface area contributed by atoms with Gasteiger partial charge in [-0.2, -0.15) is 5.10 Å². The van der Waals surface area contributed by atoms with Gasteiger partial charge in [0.15, 0.2) is 11.6 Å². The minimum absolute atomic E-state index is 0.0308. The lowest BCUT2D eigenvalue weighted by Gasteiger charge is -2.08. The highest BCUT2D eigenvalue weighted by atomic mass is 35.5. The van der Waals surface area contributed by atoms with E-state index in [1.807, 2.05) is 0 Å². The molecule has 0 atom stereocenters. The molecule has 5 nitrogen and oxygen atoms in total. The van der Waals surface area contributed by atoms with Crippen LogP contribution in [0.1, 0.15) is 23.1 Å². The van der Waals surface area contributed by atoms with Crippen molar-refractivity contribution in [2.75, 3.05) is 0 Å². The number of hydrogen-bond donors (Lipinski definition) is 0. The normalized spacial score (nSPS) is 10.4. The van der Waals surface area contributed by atoms with Crippen molar-refractivity contribution in [2.24, 2.45) is 7.05 Å². The molecule has 94 valence electrons. The molecule has 0 aliphatic carbocycles. The second-order valence-electron chi connectivity index (χ2n) is 3.79. The third kappa shape index (κ3) is 2.68. The van der Waals surface area contributed by atoms with Gasteiger partial charge in [-0.05, 0) is 25.1 Å². The maximum atomic E-state index is 11.2. The first kappa shape index (κ1) is 12.6. The van der Waals surface area contributed by atoms with E-state index in [9.17, 15) is 4.79 Å². The van der Waals surface area contributed by atoms with Crippen molar-refractivity contribution in [3.05, 3.63) is 40.9 Å². The number of ether oxygens (including phenoxy) is 1. The Balaban J connectivity index is 2.11. The van der Waals surface area contributed by atoms with Crippen molar-refractivity contribution in [1.82, 2.24) is 14.8 Å².